The monoisotopic (exact) mass is 260 g/mol. The summed E-state index contributed by atoms with van der Waals surface area (Å²) in [4.78, 5) is 0. The number of nitrogens with one attached hydrogen (secondary N) is 1. The quantitative estimate of drug-likeness (QED) is 0.593. The lowest BCUT2D eigenvalue weighted by atomic mass is 10.0. The molecule has 0 radical (unpaired) electrons. The van der Waals surface area contributed by atoms with E-state index in [0.29, 0.717) is 6.61 Å². The lowest BCUT2D eigenvalue weighted by Gasteiger charge is -2.19. The van der Waals surface area contributed by atoms with E-state index in [2.05, 4.69) is 5.43 Å². The van der Waals surface area contributed by atoms with Crippen LogP contribution in [0.3, 0.4) is 0 Å². The molecule has 4 heteroatoms. The molecule has 1 unspecified atom stereocenters. The lowest BCUT2D eigenvalue weighted by molar-refractivity contribution is 0.329. The Balaban J connectivity index is 2.08. The summed E-state index contributed by atoms with van der Waals surface area (Å²) in [5, 5.41) is 0. The summed E-state index contributed by atoms with van der Waals surface area (Å²) < 4.78 is 11.0. The Morgan fingerprint density at radius 3 is 2.79 bits per heavy atom. The number of benzene rings is 1. The molecule has 1 atom stereocenters. The van der Waals surface area contributed by atoms with Crippen LogP contribution in [0.5, 0.6) is 5.75 Å². The molecule has 1 aromatic heterocycles. The minimum atomic E-state index is 0.0489. The fourth-order valence-electron chi connectivity index (χ4n) is 2.13. The first-order valence-corrected chi connectivity index (χ1v) is 6.55. The van der Waals surface area contributed by atoms with Crippen molar-refractivity contribution >= 4 is 0 Å². The Kier molecular flexibility index (Phi) is 5.01. The predicted molar refractivity (Wildman–Crippen MR) is 74.7 cm³/mol. The Labute approximate surface area is 113 Å². The normalized spacial score (nSPS) is 12.3. The van der Waals surface area contributed by atoms with Gasteiger partial charge in [-0.2, -0.15) is 0 Å². The second-order valence-corrected chi connectivity index (χ2v) is 4.31. The smallest absolute Gasteiger partial charge is 0.124 e. The molecule has 2 aromatic rings. The van der Waals surface area contributed by atoms with Crippen LogP contribution in [0, 0.1) is 0 Å². The van der Waals surface area contributed by atoms with Crippen LogP contribution in [0.2, 0.25) is 0 Å². The van der Waals surface area contributed by atoms with Crippen molar-refractivity contribution in [1.82, 2.24) is 5.43 Å². The highest BCUT2D eigenvalue weighted by Crippen LogP contribution is 2.27. The van der Waals surface area contributed by atoms with E-state index < -0.39 is 0 Å². The number of nitrogens with two attached hydrogens (primary N) is 1. The molecule has 4 nitrogen and oxygen atoms in total. The van der Waals surface area contributed by atoms with E-state index in [9.17, 15) is 0 Å². The number of hydrogen-bond donors (Lipinski definition) is 2. The molecule has 1 aromatic carbocycles. The molecule has 0 aliphatic rings. The van der Waals surface area contributed by atoms with E-state index in [1.807, 2.05) is 43.3 Å². The zero-order chi connectivity index (χ0) is 13.5. The largest absolute Gasteiger partial charge is 0.494 e. The molecule has 2 rings (SSSR count). The zero-order valence-electron chi connectivity index (χ0n) is 11.1. The summed E-state index contributed by atoms with van der Waals surface area (Å²) in [6, 6.07) is 11.9. The molecule has 1 heterocycles. The summed E-state index contributed by atoms with van der Waals surface area (Å²) >= 11 is 0. The second kappa shape index (κ2) is 6.97. The van der Waals surface area contributed by atoms with Crippen molar-refractivity contribution in [2.45, 2.75) is 25.8 Å². The summed E-state index contributed by atoms with van der Waals surface area (Å²) in [6.45, 7) is 2.62. The predicted octanol–water partition coefficient (Wildman–Crippen LogP) is 2.82. The van der Waals surface area contributed by atoms with Crippen LogP contribution < -0.4 is 16.0 Å². The van der Waals surface area contributed by atoms with E-state index in [0.717, 1.165) is 29.9 Å². The van der Waals surface area contributed by atoms with Gasteiger partial charge in [0.15, 0.2) is 0 Å². The van der Waals surface area contributed by atoms with E-state index >= 15 is 0 Å². The van der Waals surface area contributed by atoms with Crippen LogP contribution in [0.15, 0.2) is 47.1 Å². The molecule has 3 N–H and O–H groups in total. The van der Waals surface area contributed by atoms with Gasteiger partial charge >= 0.3 is 0 Å². The molecule has 0 saturated carbocycles. The summed E-state index contributed by atoms with van der Waals surface area (Å²) in [7, 11) is 0. The van der Waals surface area contributed by atoms with Gasteiger partial charge in [0.1, 0.15) is 11.5 Å². The van der Waals surface area contributed by atoms with Crippen molar-refractivity contribution in [2.75, 3.05) is 6.61 Å². The maximum Gasteiger partial charge on any atom is 0.124 e. The van der Waals surface area contributed by atoms with Gasteiger partial charge in [-0.3, -0.25) is 11.3 Å². The van der Waals surface area contributed by atoms with Crippen LogP contribution in [0.1, 0.15) is 30.7 Å². The molecule has 0 saturated heterocycles. The number of rotatable bonds is 7. The second-order valence-electron chi connectivity index (χ2n) is 4.31. The molecule has 0 aliphatic heterocycles. The van der Waals surface area contributed by atoms with Gasteiger partial charge in [0.2, 0.25) is 0 Å². The number of hydrazine groups is 1. The van der Waals surface area contributed by atoms with E-state index in [1.165, 1.54) is 0 Å². The third-order valence-corrected chi connectivity index (χ3v) is 3.05. The maximum absolute atomic E-state index is 5.67. The highest BCUT2D eigenvalue weighted by molar-refractivity contribution is 5.36. The number of hydrogen-bond acceptors (Lipinski definition) is 4. The lowest BCUT2D eigenvalue weighted by Crippen LogP contribution is -2.28. The Hall–Kier alpha value is -1.78. The van der Waals surface area contributed by atoms with Crippen molar-refractivity contribution in [3.8, 4) is 5.75 Å². The molecule has 0 fully saturated rings. The van der Waals surface area contributed by atoms with Crippen molar-refractivity contribution < 1.29 is 9.15 Å². The number of ether oxygens (including phenoxy) is 1. The molecular formula is C15H20N2O2. The van der Waals surface area contributed by atoms with Crippen molar-refractivity contribution in [3.05, 3.63) is 54.0 Å². The summed E-state index contributed by atoms with van der Waals surface area (Å²) in [6.07, 6.45) is 3.38. The topological polar surface area (TPSA) is 60.4 Å². The fourth-order valence-corrected chi connectivity index (χ4v) is 2.13. The van der Waals surface area contributed by atoms with Crippen LogP contribution in [-0.2, 0) is 6.42 Å². The van der Waals surface area contributed by atoms with Crippen LogP contribution in [0.4, 0.5) is 0 Å². The van der Waals surface area contributed by atoms with Gasteiger partial charge in [0.25, 0.3) is 0 Å². The summed E-state index contributed by atoms with van der Waals surface area (Å²) in [5.74, 6) is 7.52. The average molecular weight is 260 g/mol. The minimum absolute atomic E-state index is 0.0489. The fraction of sp³-hybridized carbons (Fsp3) is 0.333. The van der Waals surface area contributed by atoms with Gasteiger partial charge < -0.3 is 9.15 Å². The third-order valence-electron chi connectivity index (χ3n) is 3.05. The average Bonchev–Trinajstić information content (AvgIpc) is 2.95. The number of para-hydroxylation sites is 1. The zero-order valence-corrected chi connectivity index (χ0v) is 11.1. The first kappa shape index (κ1) is 13.6. The van der Waals surface area contributed by atoms with Gasteiger partial charge in [-0.05, 0) is 31.5 Å². The summed E-state index contributed by atoms with van der Waals surface area (Å²) in [5.41, 5.74) is 3.94. The molecule has 0 amide bonds. The van der Waals surface area contributed by atoms with E-state index in [1.54, 1.807) is 6.26 Å². The van der Waals surface area contributed by atoms with Crippen LogP contribution >= 0.6 is 0 Å². The van der Waals surface area contributed by atoms with Crippen LogP contribution in [-0.4, -0.2) is 6.61 Å². The molecule has 0 aliphatic carbocycles. The SMILES string of the molecule is CCOc1ccccc1C(CCc1ccco1)NN. The van der Waals surface area contributed by atoms with Gasteiger partial charge in [0, 0.05) is 12.0 Å². The van der Waals surface area contributed by atoms with Crippen molar-refractivity contribution in [3.63, 3.8) is 0 Å². The Morgan fingerprint density at radius 1 is 1.26 bits per heavy atom. The first-order valence-electron chi connectivity index (χ1n) is 6.55. The Morgan fingerprint density at radius 2 is 2.11 bits per heavy atom. The molecule has 0 bridgehead atoms. The maximum atomic E-state index is 5.67. The highest BCUT2D eigenvalue weighted by Gasteiger charge is 2.15. The van der Waals surface area contributed by atoms with Gasteiger partial charge in [-0.25, -0.2) is 0 Å². The number of aryl methyl sites for hydroxylation is 1. The first-order chi connectivity index (χ1) is 9.35. The molecule has 19 heavy (non-hydrogen) atoms. The van der Waals surface area contributed by atoms with Crippen molar-refractivity contribution in [2.24, 2.45) is 5.84 Å². The molecule has 102 valence electrons. The molecular weight excluding hydrogens is 240 g/mol. The van der Waals surface area contributed by atoms with E-state index in [4.69, 9.17) is 15.0 Å². The van der Waals surface area contributed by atoms with Gasteiger partial charge in [-0.1, -0.05) is 18.2 Å². The molecule has 0 spiro atoms. The van der Waals surface area contributed by atoms with Crippen LogP contribution in [0.25, 0.3) is 0 Å². The third kappa shape index (κ3) is 3.59. The van der Waals surface area contributed by atoms with E-state index in [-0.39, 0.29) is 6.04 Å². The Bertz CT molecular complexity index is 483. The van der Waals surface area contributed by atoms with Crippen molar-refractivity contribution in [1.29, 1.82) is 0 Å². The van der Waals surface area contributed by atoms with Gasteiger partial charge in [0.05, 0.1) is 18.9 Å². The minimum Gasteiger partial charge on any atom is -0.494 e. The van der Waals surface area contributed by atoms with Gasteiger partial charge in [-0.15, -0.1) is 0 Å². The number of furan rings is 1. The highest BCUT2D eigenvalue weighted by atomic mass is 16.5. The standard InChI is InChI=1S/C15H20N2O2/c1-2-18-15-8-4-3-7-13(15)14(17-16)10-9-12-6-5-11-19-12/h3-8,11,14,17H,2,9-10,16H2,1H3.